The molecule has 0 saturated carbocycles. The van der Waals surface area contributed by atoms with Crippen molar-refractivity contribution in [2.45, 2.75) is 13.0 Å². The van der Waals surface area contributed by atoms with Gasteiger partial charge >= 0.3 is 0 Å². The minimum Gasteiger partial charge on any atom is -0.312 e. The molecular weight excluding hydrogens is 270 g/mol. The molecule has 0 amide bonds. The lowest BCUT2D eigenvalue weighted by atomic mass is 10.1. The van der Waals surface area contributed by atoms with E-state index in [9.17, 15) is 17.6 Å². The average molecular weight is 283 g/mol. The number of rotatable bonds is 5. The summed E-state index contributed by atoms with van der Waals surface area (Å²) in [5, 5.41) is 3.00. The zero-order chi connectivity index (χ0) is 14.5. The summed E-state index contributed by atoms with van der Waals surface area (Å²) < 4.78 is 51.6. The summed E-state index contributed by atoms with van der Waals surface area (Å²) in [6.45, 7) is 0.830. The third-order valence-corrected chi connectivity index (χ3v) is 2.83. The molecule has 0 aliphatic carbocycles. The lowest BCUT2D eigenvalue weighted by molar-refractivity contribution is 0.506. The highest BCUT2D eigenvalue weighted by molar-refractivity contribution is 5.19. The van der Waals surface area contributed by atoms with E-state index in [0.29, 0.717) is 30.6 Å². The molecular formula is C15H13F4N. The summed E-state index contributed by atoms with van der Waals surface area (Å²) in [6.07, 6.45) is 0.443. The first-order chi connectivity index (χ1) is 9.54. The van der Waals surface area contributed by atoms with Crippen molar-refractivity contribution in [3.8, 4) is 0 Å². The van der Waals surface area contributed by atoms with E-state index in [1.54, 1.807) is 0 Å². The Hall–Kier alpha value is -1.88. The molecule has 0 spiro atoms. The molecule has 1 N–H and O–H groups in total. The van der Waals surface area contributed by atoms with E-state index in [4.69, 9.17) is 0 Å². The number of halogens is 4. The summed E-state index contributed by atoms with van der Waals surface area (Å²) >= 11 is 0. The Morgan fingerprint density at radius 1 is 0.750 bits per heavy atom. The van der Waals surface area contributed by atoms with E-state index >= 15 is 0 Å². The van der Waals surface area contributed by atoms with Crippen LogP contribution < -0.4 is 5.32 Å². The van der Waals surface area contributed by atoms with Crippen LogP contribution in [0.1, 0.15) is 11.1 Å². The fourth-order valence-corrected chi connectivity index (χ4v) is 1.87. The fourth-order valence-electron chi connectivity index (χ4n) is 1.87. The van der Waals surface area contributed by atoms with Gasteiger partial charge in [-0.1, -0.05) is 6.07 Å². The van der Waals surface area contributed by atoms with E-state index in [1.807, 2.05) is 0 Å². The van der Waals surface area contributed by atoms with Gasteiger partial charge in [0.2, 0.25) is 0 Å². The topological polar surface area (TPSA) is 12.0 Å². The SMILES string of the molecule is Fc1cc(F)cc(CCNCc2ccc(F)c(F)c2)c1. The van der Waals surface area contributed by atoms with Gasteiger partial charge in [-0.05, 0) is 48.4 Å². The maximum Gasteiger partial charge on any atom is 0.159 e. The van der Waals surface area contributed by atoms with Crippen LogP contribution in [0.3, 0.4) is 0 Å². The van der Waals surface area contributed by atoms with Gasteiger partial charge in [0.1, 0.15) is 11.6 Å². The second-order valence-electron chi connectivity index (χ2n) is 4.45. The predicted octanol–water partition coefficient (Wildman–Crippen LogP) is 3.58. The standard InChI is InChI=1S/C15H13F4N/c16-12-5-10(6-13(17)8-12)3-4-20-9-11-1-2-14(18)15(19)7-11/h1-2,5-8,20H,3-4,9H2. The smallest absolute Gasteiger partial charge is 0.159 e. The highest BCUT2D eigenvalue weighted by atomic mass is 19.2. The van der Waals surface area contributed by atoms with Gasteiger partial charge in [0.25, 0.3) is 0 Å². The van der Waals surface area contributed by atoms with Gasteiger partial charge in [-0.2, -0.15) is 0 Å². The first kappa shape index (κ1) is 14.5. The van der Waals surface area contributed by atoms with Crippen molar-refractivity contribution in [3.63, 3.8) is 0 Å². The van der Waals surface area contributed by atoms with Gasteiger partial charge in [-0.25, -0.2) is 17.6 Å². The van der Waals surface area contributed by atoms with Crippen molar-refractivity contribution in [1.82, 2.24) is 5.32 Å². The minimum atomic E-state index is -0.892. The number of nitrogens with one attached hydrogen (secondary N) is 1. The molecule has 2 aromatic rings. The molecule has 0 aliphatic rings. The van der Waals surface area contributed by atoms with Crippen LogP contribution in [-0.4, -0.2) is 6.54 Å². The van der Waals surface area contributed by atoms with Crippen molar-refractivity contribution < 1.29 is 17.6 Å². The molecule has 0 saturated heterocycles. The Labute approximate surface area is 114 Å². The quantitative estimate of drug-likeness (QED) is 0.653. The van der Waals surface area contributed by atoms with Crippen LogP contribution in [0.25, 0.3) is 0 Å². The predicted molar refractivity (Wildman–Crippen MR) is 68.1 cm³/mol. The molecule has 0 aliphatic heterocycles. The van der Waals surface area contributed by atoms with Gasteiger partial charge in [0, 0.05) is 12.6 Å². The van der Waals surface area contributed by atoms with Gasteiger partial charge in [-0.3, -0.25) is 0 Å². The van der Waals surface area contributed by atoms with Crippen LogP contribution in [0.2, 0.25) is 0 Å². The van der Waals surface area contributed by atoms with Gasteiger partial charge in [0.05, 0.1) is 0 Å². The van der Waals surface area contributed by atoms with Crippen LogP contribution in [0.4, 0.5) is 17.6 Å². The molecule has 106 valence electrons. The third-order valence-electron chi connectivity index (χ3n) is 2.83. The Kier molecular flexibility index (Phi) is 4.74. The number of hydrogen-bond acceptors (Lipinski definition) is 1. The second kappa shape index (κ2) is 6.52. The molecule has 0 fully saturated rings. The molecule has 0 atom stereocenters. The van der Waals surface area contributed by atoms with Crippen molar-refractivity contribution in [2.24, 2.45) is 0 Å². The molecule has 0 unspecified atom stereocenters. The Balaban J connectivity index is 1.82. The van der Waals surface area contributed by atoms with Crippen LogP contribution in [0, 0.1) is 23.3 Å². The van der Waals surface area contributed by atoms with E-state index in [1.165, 1.54) is 18.2 Å². The van der Waals surface area contributed by atoms with Crippen LogP contribution >= 0.6 is 0 Å². The van der Waals surface area contributed by atoms with Gasteiger partial charge in [-0.15, -0.1) is 0 Å². The number of benzene rings is 2. The van der Waals surface area contributed by atoms with E-state index < -0.39 is 23.3 Å². The van der Waals surface area contributed by atoms with Crippen molar-refractivity contribution in [1.29, 1.82) is 0 Å². The zero-order valence-corrected chi connectivity index (χ0v) is 10.6. The molecule has 2 aromatic carbocycles. The van der Waals surface area contributed by atoms with Crippen LogP contribution in [0.15, 0.2) is 36.4 Å². The first-order valence-electron chi connectivity index (χ1n) is 6.14. The zero-order valence-electron chi connectivity index (χ0n) is 10.6. The Morgan fingerprint density at radius 3 is 2.10 bits per heavy atom. The van der Waals surface area contributed by atoms with E-state index in [-0.39, 0.29) is 0 Å². The monoisotopic (exact) mass is 283 g/mol. The summed E-state index contributed by atoms with van der Waals surface area (Å²) in [5.41, 5.74) is 1.15. The van der Waals surface area contributed by atoms with Crippen LogP contribution in [0.5, 0.6) is 0 Å². The second-order valence-corrected chi connectivity index (χ2v) is 4.45. The maximum absolute atomic E-state index is 13.0. The normalized spacial score (nSPS) is 10.8. The van der Waals surface area contributed by atoms with E-state index in [2.05, 4.69) is 5.32 Å². The summed E-state index contributed by atoms with van der Waals surface area (Å²) in [4.78, 5) is 0. The third kappa shape index (κ3) is 4.06. The molecule has 1 nitrogen and oxygen atoms in total. The Morgan fingerprint density at radius 2 is 1.45 bits per heavy atom. The molecule has 0 radical (unpaired) electrons. The molecule has 2 rings (SSSR count). The van der Waals surface area contributed by atoms with Crippen molar-refractivity contribution in [2.75, 3.05) is 6.54 Å². The average Bonchev–Trinajstić information content (AvgIpc) is 2.38. The van der Waals surface area contributed by atoms with Crippen molar-refractivity contribution >= 4 is 0 Å². The summed E-state index contributed by atoms with van der Waals surface area (Å²) in [6, 6.07) is 7.01. The molecule has 0 heterocycles. The van der Waals surface area contributed by atoms with Gasteiger partial charge < -0.3 is 5.32 Å². The summed E-state index contributed by atoms with van der Waals surface area (Å²) in [5.74, 6) is -3.00. The lowest BCUT2D eigenvalue weighted by Gasteiger charge is -2.06. The molecule has 5 heteroatoms. The molecule has 0 bridgehead atoms. The highest BCUT2D eigenvalue weighted by Gasteiger charge is 2.03. The van der Waals surface area contributed by atoms with E-state index in [0.717, 1.165) is 18.2 Å². The lowest BCUT2D eigenvalue weighted by Crippen LogP contribution is -2.17. The first-order valence-corrected chi connectivity index (χ1v) is 6.14. The molecule has 20 heavy (non-hydrogen) atoms. The maximum atomic E-state index is 13.0. The van der Waals surface area contributed by atoms with Crippen LogP contribution in [-0.2, 0) is 13.0 Å². The highest BCUT2D eigenvalue weighted by Crippen LogP contribution is 2.09. The minimum absolute atomic E-state index is 0.356. The Bertz CT molecular complexity index is 578. The van der Waals surface area contributed by atoms with Crippen molar-refractivity contribution in [3.05, 3.63) is 70.8 Å². The summed E-state index contributed by atoms with van der Waals surface area (Å²) in [7, 11) is 0. The van der Waals surface area contributed by atoms with Gasteiger partial charge in [0.15, 0.2) is 11.6 Å². The number of hydrogen-bond donors (Lipinski definition) is 1. The largest absolute Gasteiger partial charge is 0.312 e. The molecule has 0 aromatic heterocycles. The fraction of sp³-hybridized carbons (Fsp3) is 0.200.